The molecule has 140 valence electrons. The number of unbranched alkanes of at least 4 members (excludes halogenated alkanes) is 4. The first-order chi connectivity index (χ1) is 11.5. The summed E-state index contributed by atoms with van der Waals surface area (Å²) in [6.45, 7) is 6.42. The Balaban J connectivity index is 0. The van der Waals surface area contributed by atoms with Crippen molar-refractivity contribution in [1.29, 1.82) is 0 Å². The zero-order valence-corrected chi connectivity index (χ0v) is 18.9. The van der Waals surface area contributed by atoms with Crippen LogP contribution in [0.3, 0.4) is 0 Å². The summed E-state index contributed by atoms with van der Waals surface area (Å²) in [5, 5.41) is 28.9. The number of nitrogens with zero attached hydrogens (tertiary/aromatic N) is 1. The number of aliphatic carboxylic acids is 2. The molecule has 0 radical (unpaired) electrons. The Labute approximate surface area is 194 Å². The SMILES string of the molecule is C=CCCCCCC[N+](CCO)(CCCC(=O)[O-])CCCC(=O)O.[K+]. The van der Waals surface area contributed by atoms with Crippen molar-refractivity contribution in [2.24, 2.45) is 0 Å². The largest absolute Gasteiger partial charge is 1.00 e. The molecule has 0 aliphatic rings. The third kappa shape index (κ3) is 16.2. The van der Waals surface area contributed by atoms with Gasteiger partial charge in [0.1, 0.15) is 6.54 Å². The van der Waals surface area contributed by atoms with E-state index in [1.54, 1.807) is 0 Å². The van der Waals surface area contributed by atoms with E-state index in [-0.39, 0.29) is 70.8 Å². The molecule has 0 aromatic heterocycles. The molecule has 0 amide bonds. The van der Waals surface area contributed by atoms with Gasteiger partial charge in [-0.2, -0.15) is 0 Å². The predicted molar refractivity (Wildman–Crippen MR) is 91.2 cm³/mol. The van der Waals surface area contributed by atoms with Crippen molar-refractivity contribution in [1.82, 2.24) is 0 Å². The van der Waals surface area contributed by atoms with Gasteiger partial charge in [0.05, 0.1) is 32.7 Å². The van der Waals surface area contributed by atoms with Crippen molar-refractivity contribution < 1.29 is 80.8 Å². The molecule has 0 spiro atoms. The van der Waals surface area contributed by atoms with Crippen molar-refractivity contribution in [2.45, 2.75) is 57.8 Å². The molecule has 0 rings (SSSR count). The minimum atomic E-state index is -1.06. The van der Waals surface area contributed by atoms with E-state index >= 15 is 0 Å². The molecule has 6 nitrogen and oxygen atoms in total. The van der Waals surface area contributed by atoms with E-state index in [1.165, 1.54) is 0 Å². The van der Waals surface area contributed by atoms with Crippen LogP contribution < -0.4 is 56.5 Å². The van der Waals surface area contributed by atoms with E-state index in [2.05, 4.69) is 6.58 Å². The van der Waals surface area contributed by atoms with E-state index in [1.807, 2.05) is 6.08 Å². The number of carboxylic acid groups (broad SMARTS) is 2. The van der Waals surface area contributed by atoms with Crippen molar-refractivity contribution in [3.8, 4) is 0 Å². The zero-order valence-electron chi connectivity index (χ0n) is 15.8. The number of carboxylic acids is 2. The van der Waals surface area contributed by atoms with E-state index < -0.39 is 11.9 Å². The summed E-state index contributed by atoms with van der Waals surface area (Å²) in [6.07, 6.45) is 8.39. The first-order valence-corrected chi connectivity index (χ1v) is 8.94. The average Bonchev–Trinajstić information content (AvgIpc) is 2.50. The van der Waals surface area contributed by atoms with Gasteiger partial charge in [0, 0.05) is 18.8 Å². The monoisotopic (exact) mass is 382 g/mol. The summed E-state index contributed by atoms with van der Waals surface area (Å²) >= 11 is 0. The second-order valence-corrected chi connectivity index (χ2v) is 6.42. The van der Waals surface area contributed by atoms with Crippen molar-refractivity contribution in [2.75, 3.05) is 32.8 Å². The molecule has 0 aliphatic carbocycles. The number of aliphatic hydroxyl groups excluding tert-OH is 1. The van der Waals surface area contributed by atoms with Gasteiger partial charge in [0.2, 0.25) is 0 Å². The molecule has 0 aromatic rings. The molecule has 0 saturated heterocycles. The molecular formula is C18H33KNO5+. The van der Waals surface area contributed by atoms with Crippen LogP contribution >= 0.6 is 0 Å². The first-order valence-electron chi connectivity index (χ1n) is 8.94. The maximum Gasteiger partial charge on any atom is 1.00 e. The van der Waals surface area contributed by atoms with Gasteiger partial charge in [-0.25, -0.2) is 0 Å². The summed E-state index contributed by atoms with van der Waals surface area (Å²) in [4.78, 5) is 21.4. The molecule has 1 atom stereocenters. The number of carbonyl (C=O) groups excluding carboxylic acids is 1. The summed E-state index contributed by atoms with van der Waals surface area (Å²) in [5.41, 5.74) is 0. The fourth-order valence-corrected chi connectivity index (χ4v) is 3.10. The standard InChI is InChI=1S/C18H33NO5.K/c1-2-3-4-5-6-7-12-19(15-16-20,13-8-10-17(21)22)14-9-11-18(23)24;/h2,20H,1,3-16H2,(H-,21,22,23,24);/q;+1. The topological polar surface area (TPSA) is 97.7 Å². The minimum absolute atomic E-state index is 0. The van der Waals surface area contributed by atoms with Gasteiger partial charge in [-0.05, 0) is 32.1 Å². The third-order valence-corrected chi connectivity index (χ3v) is 4.40. The maximum atomic E-state index is 10.8. The minimum Gasteiger partial charge on any atom is -0.550 e. The number of quaternary nitrogens is 1. The Kier molecular flexibility index (Phi) is 19.4. The number of hydrogen-bond donors (Lipinski definition) is 2. The van der Waals surface area contributed by atoms with Crippen molar-refractivity contribution in [3.05, 3.63) is 12.7 Å². The zero-order chi connectivity index (χ0) is 18.3. The third-order valence-electron chi connectivity index (χ3n) is 4.40. The smallest absolute Gasteiger partial charge is 0.550 e. The summed E-state index contributed by atoms with van der Waals surface area (Å²) < 4.78 is 0.596. The van der Waals surface area contributed by atoms with Crippen LogP contribution in [0.5, 0.6) is 0 Å². The summed E-state index contributed by atoms with van der Waals surface area (Å²) in [5.74, 6) is -1.89. The Morgan fingerprint density at radius 3 is 2.00 bits per heavy atom. The van der Waals surface area contributed by atoms with E-state index in [0.717, 1.165) is 38.6 Å². The Bertz CT molecular complexity index is 356. The van der Waals surface area contributed by atoms with E-state index in [0.29, 0.717) is 37.0 Å². The normalized spacial score (nSPS) is 12.8. The first kappa shape index (κ1) is 27.5. The Morgan fingerprint density at radius 2 is 1.48 bits per heavy atom. The Morgan fingerprint density at radius 1 is 0.920 bits per heavy atom. The van der Waals surface area contributed by atoms with Gasteiger partial charge < -0.3 is 24.6 Å². The quantitative estimate of drug-likeness (QED) is 0.136. The van der Waals surface area contributed by atoms with Crippen LogP contribution in [-0.2, 0) is 9.59 Å². The number of carbonyl (C=O) groups is 2. The number of rotatable bonds is 17. The summed E-state index contributed by atoms with van der Waals surface area (Å²) in [7, 11) is 0. The van der Waals surface area contributed by atoms with Crippen LogP contribution in [0.1, 0.15) is 57.8 Å². The van der Waals surface area contributed by atoms with Gasteiger partial charge in [0.25, 0.3) is 0 Å². The van der Waals surface area contributed by atoms with Crippen LogP contribution in [0, 0.1) is 0 Å². The van der Waals surface area contributed by atoms with Crippen LogP contribution in [0.2, 0.25) is 0 Å². The predicted octanol–water partition coefficient (Wildman–Crippen LogP) is -1.67. The van der Waals surface area contributed by atoms with Gasteiger partial charge in [-0.1, -0.05) is 12.5 Å². The number of allylic oxidation sites excluding steroid dienone is 1. The molecule has 7 heteroatoms. The van der Waals surface area contributed by atoms with Crippen molar-refractivity contribution >= 4 is 11.9 Å². The van der Waals surface area contributed by atoms with Crippen LogP contribution in [-0.4, -0.2) is 59.4 Å². The van der Waals surface area contributed by atoms with Gasteiger partial charge in [-0.3, -0.25) is 4.79 Å². The molecule has 25 heavy (non-hydrogen) atoms. The fourth-order valence-electron chi connectivity index (χ4n) is 3.10. The number of aliphatic hydroxyl groups is 1. The van der Waals surface area contributed by atoms with Gasteiger partial charge in [0.15, 0.2) is 0 Å². The average molecular weight is 383 g/mol. The molecule has 0 aromatic carbocycles. The molecule has 0 aliphatic heterocycles. The van der Waals surface area contributed by atoms with E-state index in [4.69, 9.17) is 5.11 Å². The molecular weight excluding hydrogens is 349 g/mol. The van der Waals surface area contributed by atoms with Crippen LogP contribution in [0.15, 0.2) is 12.7 Å². The van der Waals surface area contributed by atoms with Crippen molar-refractivity contribution in [3.63, 3.8) is 0 Å². The summed E-state index contributed by atoms with van der Waals surface area (Å²) in [6, 6.07) is 0. The molecule has 1 unspecified atom stereocenters. The van der Waals surface area contributed by atoms with Gasteiger partial charge >= 0.3 is 57.4 Å². The molecule has 0 saturated carbocycles. The molecule has 0 bridgehead atoms. The van der Waals surface area contributed by atoms with E-state index in [9.17, 15) is 19.8 Å². The second kappa shape index (κ2) is 17.6. The molecule has 0 fully saturated rings. The fraction of sp³-hybridized carbons (Fsp3) is 0.778. The molecule has 2 N–H and O–H groups in total. The Hall–Kier alpha value is 0.236. The van der Waals surface area contributed by atoms with Crippen LogP contribution in [0.25, 0.3) is 0 Å². The molecule has 0 heterocycles. The van der Waals surface area contributed by atoms with Gasteiger partial charge in [-0.15, -0.1) is 6.58 Å². The van der Waals surface area contributed by atoms with Crippen LogP contribution in [0.4, 0.5) is 0 Å². The maximum absolute atomic E-state index is 10.8. The second-order valence-electron chi connectivity index (χ2n) is 6.42. The number of hydrogen-bond acceptors (Lipinski definition) is 4.